The molecule has 0 spiro atoms. The summed E-state index contributed by atoms with van der Waals surface area (Å²) in [7, 11) is 0. The molecular formula is C12H13NO3. The summed E-state index contributed by atoms with van der Waals surface area (Å²) in [6.07, 6.45) is 1.09. The molecule has 4 heteroatoms. The second-order valence-electron chi connectivity index (χ2n) is 4.11. The number of Topliss-reactive ketones (excluding diaryl/α,β-unsaturated/α-hetero) is 1. The minimum Gasteiger partial charge on any atom is -0.481 e. The van der Waals surface area contributed by atoms with Gasteiger partial charge in [0, 0.05) is 23.6 Å². The molecule has 4 nitrogen and oxygen atoms in total. The van der Waals surface area contributed by atoms with Crippen LogP contribution in [-0.4, -0.2) is 16.9 Å². The molecule has 0 aromatic heterocycles. The Morgan fingerprint density at radius 2 is 2.25 bits per heavy atom. The van der Waals surface area contributed by atoms with Gasteiger partial charge in [0.1, 0.15) is 0 Å². The molecule has 1 aromatic carbocycles. The number of carboxylic acids is 1. The molecular weight excluding hydrogens is 206 g/mol. The number of rotatable bonds is 3. The van der Waals surface area contributed by atoms with E-state index in [2.05, 4.69) is 0 Å². The Labute approximate surface area is 93.1 Å². The van der Waals surface area contributed by atoms with Gasteiger partial charge >= 0.3 is 5.97 Å². The smallest absolute Gasteiger partial charge is 0.303 e. The van der Waals surface area contributed by atoms with Crippen molar-refractivity contribution < 1.29 is 14.7 Å². The third kappa shape index (κ3) is 1.91. The van der Waals surface area contributed by atoms with Gasteiger partial charge in [-0.1, -0.05) is 6.07 Å². The molecule has 0 saturated heterocycles. The Bertz CT molecular complexity index is 454. The molecule has 1 atom stereocenters. The summed E-state index contributed by atoms with van der Waals surface area (Å²) >= 11 is 0. The zero-order chi connectivity index (χ0) is 11.7. The van der Waals surface area contributed by atoms with Crippen molar-refractivity contribution in [3.63, 3.8) is 0 Å². The van der Waals surface area contributed by atoms with Crippen molar-refractivity contribution in [2.75, 3.05) is 5.73 Å². The predicted molar refractivity (Wildman–Crippen MR) is 59.2 cm³/mol. The van der Waals surface area contributed by atoms with Gasteiger partial charge < -0.3 is 10.8 Å². The van der Waals surface area contributed by atoms with Gasteiger partial charge in [-0.05, 0) is 30.5 Å². The van der Waals surface area contributed by atoms with E-state index in [9.17, 15) is 9.59 Å². The maximum absolute atomic E-state index is 11.9. The Morgan fingerprint density at radius 1 is 1.50 bits per heavy atom. The average molecular weight is 219 g/mol. The second kappa shape index (κ2) is 3.96. The maximum atomic E-state index is 11.9. The number of carboxylic acid groups (broad SMARTS) is 1. The Morgan fingerprint density at radius 3 is 2.94 bits per heavy atom. The monoisotopic (exact) mass is 219 g/mol. The van der Waals surface area contributed by atoms with Crippen molar-refractivity contribution in [3.8, 4) is 0 Å². The summed E-state index contributed by atoms with van der Waals surface area (Å²) in [6.45, 7) is 0. The van der Waals surface area contributed by atoms with Gasteiger partial charge in [-0.15, -0.1) is 0 Å². The number of fused-ring (bicyclic) bond motifs is 1. The number of hydrogen-bond donors (Lipinski definition) is 2. The molecule has 1 aromatic rings. The molecule has 0 radical (unpaired) electrons. The van der Waals surface area contributed by atoms with Gasteiger partial charge in [-0.2, -0.15) is 0 Å². The van der Waals surface area contributed by atoms with Crippen LogP contribution in [0.4, 0.5) is 5.69 Å². The lowest BCUT2D eigenvalue weighted by atomic mass is 9.99. The number of nitrogens with two attached hydrogens (primary N) is 1. The zero-order valence-corrected chi connectivity index (χ0v) is 8.77. The number of aliphatic carboxylic acids is 1. The first-order chi connectivity index (χ1) is 7.58. The average Bonchev–Trinajstić information content (AvgIpc) is 2.53. The van der Waals surface area contributed by atoms with Crippen molar-refractivity contribution in [2.45, 2.75) is 19.3 Å². The molecule has 0 aliphatic heterocycles. The van der Waals surface area contributed by atoms with Gasteiger partial charge in [-0.3, -0.25) is 9.59 Å². The van der Waals surface area contributed by atoms with Crippen molar-refractivity contribution >= 4 is 17.4 Å². The van der Waals surface area contributed by atoms with Crippen LogP contribution in [0.1, 0.15) is 28.8 Å². The van der Waals surface area contributed by atoms with Crippen LogP contribution in [-0.2, 0) is 11.2 Å². The fraction of sp³-hybridized carbons (Fsp3) is 0.333. The van der Waals surface area contributed by atoms with E-state index in [4.69, 9.17) is 10.8 Å². The van der Waals surface area contributed by atoms with E-state index in [1.54, 1.807) is 12.1 Å². The molecule has 0 amide bonds. The highest BCUT2D eigenvalue weighted by molar-refractivity contribution is 6.03. The number of hydrogen-bond acceptors (Lipinski definition) is 3. The van der Waals surface area contributed by atoms with Crippen LogP contribution in [0.2, 0.25) is 0 Å². The van der Waals surface area contributed by atoms with E-state index >= 15 is 0 Å². The van der Waals surface area contributed by atoms with Crippen molar-refractivity contribution in [3.05, 3.63) is 29.3 Å². The fourth-order valence-electron chi connectivity index (χ4n) is 2.11. The third-order valence-corrected chi connectivity index (χ3v) is 2.94. The number of carbonyl (C=O) groups is 2. The van der Waals surface area contributed by atoms with Crippen LogP contribution < -0.4 is 5.73 Å². The summed E-state index contributed by atoms with van der Waals surface area (Å²) in [6, 6.07) is 5.30. The minimum absolute atomic E-state index is 0.0311. The molecule has 84 valence electrons. The van der Waals surface area contributed by atoms with Crippen LogP contribution in [0.15, 0.2) is 18.2 Å². The lowest BCUT2D eigenvalue weighted by Gasteiger charge is -2.04. The lowest BCUT2D eigenvalue weighted by Crippen LogP contribution is -2.11. The second-order valence-corrected chi connectivity index (χ2v) is 4.11. The first-order valence-electron chi connectivity index (χ1n) is 5.22. The number of benzene rings is 1. The van der Waals surface area contributed by atoms with Crippen LogP contribution in [0, 0.1) is 5.92 Å². The Balaban J connectivity index is 2.15. The molecule has 0 fully saturated rings. The SMILES string of the molecule is Nc1ccc2c(c1)C(=O)C(CCC(=O)O)C2. The quantitative estimate of drug-likeness (QED) is 0.755. The highest BCUT2D eigenvalue weighted by atomic mass is 16.4. The Kier molecular flexibility index (Phi) is 2.64. The summed E-state index contributed by atoms with van der Waals surface area (Å²) in [5.41, 5.74) is 7.83. The molecule has 1 aliphatic carbocycles. The minimum atomic E-state index is -0.858. The molecule has 2 rings (SSSR count). The molecule has 0 heterocycles. The number of nitrogen functional groups attached to an aromatic ring is 1. The van der Waals surface area contributed by atoms with Gasteiger partial charge in [-0.25, -0.2) is 0 Å². The molecule has 1 aliphatic rings. The molecule has 0 bridgehead atoms. The fourth-order valence-corrected chi connectivity index (χ4v) is 2.11. The van der Waals surface area contributed by atoms with Gasteiger partial charge in [0.2, 0.25) is 0 Å². The standard InChI is InChI=1S/C12H13NO3/c13-9-3-1-7-5-8(2-4-11(14)15)12(16)10(7)6-9/h1,3,6,8H,2,4-5,13H2,(H,14,15). The van der Waals surface area contributed by atoms with E-state index in [-0.39, 0.29) is 18.1 Å². The van der Waals surface area contributed by atoms with E-state index in [1.165, 1.54) is 0 Å². The Hall–Kier alpha value is -1.84. The summed E-state index contributed by atoms with van der Waals surface area (Å²) < 4.78 is 0. The zero-order valence-electron chi connectivity index (χ0n) is 8.77. The van der Waals surface area contributed by atoms with Crippen molar-refractivity contribution in [2.24, 2.45) is 5.92 Å². The van der Waals surface area contributed by atoms with E-state index in [1.807, 2.05) is 6.07 Å². The normalized spacial score (nSPS) is 18.5. The first kappa shape index (κ1) is 10.7. The van der Waals surface area contributed by atoms with Crippen molar-refractivity contribution in [1.29, 1.82) is 0 Å². The predicted octanol–water partition coefficient (Wildman–Crippen LogP) is 1.49. The third-order valence-electron chi connectivity index (χ3n) is 2.94. The maximum Gasteiger partial charge on any atom is 0.303 e. The number of ketones is 1. The van der Waals surface area contributed by atoms with Gasteiger partial charge in [0.15, 0.2) is 5.78 Å². The highest BCUT2D eigenvalue weighted by Gasteiger charge is 2.30. The van der Waals surface area contributed by atoms with E-state index in [0.717, 1.165) is 5.56 Å². The van der Waals surface area contributed by atoms with Crippen LogP contribution in [0.5, 0.6) is 0 Å². The topological polar surface area (TPSA) is 80.4 Å². The number of carbonyl (C=O) groups excluding carboxylic acids is 1. The summed E-state index contributed by atoms with van der Waals surface area (Å²) in [5, 5.41) is 8.59. The highest BCUT2D eigenvalue weighted by Crippen LogP contribution is 2.30. The van der Waals surface area contributed by atoms with Gasteiger partial charge in [0.05, 0.1) is 0 Å². The van der Waals surface area contributed by atoms with E-state index in [0.29, 0.717) is 24.1 Å². The molecule has 16 heavy (non-hydrogen) atoms. The molecule has 0 saturated carbocycles. The van der Waals surface area contributed by atoms with Gasteiger partial charge in [0.25, 0.3) is 0 Å². The van der Waals surface area contributed by atoms with Crippen molar-refractivity contribution in [1.82, 2.24) is 0 Å². The van der Waals surface area contributed by atoms with Crippen LogP contribution in [0.3, 0.4) is 0 Å². The molecule has 1 unspecified atom stereocenters. The summed E-state index contributed by atoms with van der Waals surface area (Å²) in [4.78, 5) is 22.4. The summed E-state index contributed by atoms with van der Waals surface area (Å²) in [5.74, 6) is -1.01. The number of anilines is 1. The van der Waals surface area contributed by atoms with Crippen LogP contribution >= 0.6 is 0 Å². The lowest BCUT2D eigenvalue weighted by molar-refractivity contribution is -0.137. The first-order valence-corrected chi connectivity index (χ1v) is 5.22. The largest absolute Gasteiger partial charge is 0.481 e. The molecule has 3 N–H and O–H groups in total. The van der Waals surface area contributed by atoms with E-state index < -0.39 is 5.97 Å². The van der Waals surface area contributed by atoms with Crippen LogP contribution in [0.25, 0.3) is 0 Å².